The second-order valence-corrected chi connectivity index (χ2v) is 5.67. The molecule has 1 N–H and O–H groups in total. The lowest BCUT2D eigenvalue weighted by Gasteiger charge is -2.39. The monoisotopic (exact) mass is 281 g/mol. The maximum Gasteiger partial charge on any atom is 0.138 e. The standard InChI is InChI=1S/C14H27N5O/c1-5-15-12(8-14-16-10-17-18(14)4)13-9-19(11(2)3)6-7-20-13/h10-13,15H,5-9H2,1-4H3. The van der Waals surface area contributed by atoms with Gasteiger partial charge in [0.05, 0.1) is 12.7 Å². The molecule has 1 aliphatic heterocycles. The Balaban J connectivity index is 2.02. The minimum atomic E-state index is 0.211. The number of likely N-dealkylation sites (N-methyl/N-ethyl adjacent to an activating group) is 1. The predicted molar refractivity (Wildman–Crippen MR) is 78.6 cm³/mol. The average molecular weight is 281 g/mol. The van der Waals surface area contributed by atoms with E-state index < -0.39 is 0 Å². The number of hydrogen-bond acceptors (Lipinski definition) is 5. The topological polar surface area (TPSA) is 55.2 Å². The van der Waals surface area contributed by atoms with Gasteiger partial charge in [0.1, 0.15) is 12.2 Å². The van der Waals surface area contributed by atoms with Crippen molar-refractivity contribution in [1.29, 1.82) is 0 Å². The quantitative estimate of drug-likeness (QED) is 0.820. The van der Waals surface area contributed by atoms with Gasteiger partial charge in [-0.2, -0.15) is 5.10 Å². The van der Waals surface area contributed by atoms with Crippen LogP contribution < -0.4 is 5.32 Å². The first kappa shape index (κ1) is 15.4. The van der Waals surface area contributed by atoms with Gasteiger partial charge in [-0.15, -0.1) is 0 Å². The molecule has 0 amide bonds. The van der Waals surface area contributed by atoms with Crippen molar-refractivity contribution in [1.82, 2.24) is 25.0 Å². The Morgan fingerprint density at radius 2 is 2.30 bits per heavy atom. The normalized spacial score (nSPS) is 22.4. The number of hydrogen-bond donors (Lipinski definition) is 1. The molecule has 0 radical (unpaired) electrons. The Morgan fingerprint density at radius 3 is 2.90 bits per heavy atom. The zero-order chi connectivity index (χ0) is 14.5. The fraction of sp³-hybridized carbons (Fsp3) is 0.857. The Hall–Kier alpha value is -0.980. The summed E-state index contributed by atoms with van der Waals surface area (Å²) in [5.41, 5.74) is 0. The zero-order valence-electron chi connectivity index (χ0n) is 13.0. The second-order valence-electron chi connectivity index (χ2n) is 5.67. The van der Waals surface area contributed by atoms with Crippen molar-refractivity contribution in [2.24, 2.45) is 7.05 Å². The molecule has 0 spiro atoms. The van der Waals surface area contributed by atoms with Gasteiger partial charge in [0.2, 0.25) is 0 Å². The van der Waals surface area contributed by atoms with Crippen molar-refractivity contribution in [2.45, 2.75) is 45.4 Å². The molecule has 2 unspecified atom stereocenters. The maximum atomic E-state index is 6.00. The predicted octanol–water partition coefficient (Wildman–Crippen LogP) is 0.445. The molecule has 1 saturated heterocycles. The van der Waals surface area contributed by atoms with Gasteiger partial charge in [-0.05, 0) is 20.4 Å². The van der Waals surface area contributed by atoms with Gasteiger partial charge in [-0.25, -0.2) is 4.98 Å². The summed E-state index contributed by atoms with van der Waals surface area (Å²) >= 11 is 0. The molecule has 6 nitrogen and oxygen atoms in total. The van der Waals surface area contributed by atoms with Crippen LogP contribution in [0.25, 0.3) is 0 Å². The van der Waals surface area contributed by atoms with Gasteiger partial charge in [0, 0.05) is 38.6 Å². The van der Waals surface area contributed by atoms with E-state index in [2.05, 4.69) is 41.1 Å². The largest absolute Gasteiger partial charge is 0.374 e. The molecule has 1 fully saturated rings. The highest BCUT2D eigenvalue weighted by atomic mass is 16.5. The van der Waals surface area contributed by atoms with E-state index in [0.29, 0.717) is 6.04 Å². The Morgan fingerprint density at radius 1 is 1.50 bits per heavy atom. The molecule has 1 aromatic heterocycles. The van der Waals surface area contributed by atoms with Crippen molar-refractivity contribution in [2.75, 3.05) is 26.2 Å². The minimum Gasteiger partial charge on any atom is -0.374 e. The van der Waals surface area contributed by atoms with Crippen LogP contribution in [0.5, 0.6) is 0 Å². The van der Waals surface area contributed by atoms with Crippen molar-refractivity contribution < 1.29 is 4.74 Å². The third-order valence-electron chi connectivity index (χ3n) is 3.98. The lowest BCUT2D eigenvalue weighted by Crippen LogP contribution is -2.54. The number of ether oxygens (including phenoxy) is 1. The van der Waals surface area contributed by atoms with Crippen molar-refractivity contribution in [3.8, 4) is 0 Å². The summed E-state index contributed by atoms with van der Waals surface area (Å²) in [7, 11) is 1.94. The lowest BCUT2D eigenvalue weighted by atomic mass is 10.0. The lowest BCUT2D eigenvalue weighted by molar-refractivity contribution is -0.0553. The van der Waals surface area contributed by atoms with Crippen molar-refractivity contribution in [3.05, 3.63) is 12.2 Å². The molecular formula is C14H27N5O. The molecule has 0 saturated carbocycles. The second kappa shape index (κ2) is 7.15. The van der Waals surface area contributed by atoms with Crippen LogP contribution in [-0.2, 0) is 18.2 Å². The van der Waals surface area contributed by atoms with E-state index in [1.165, 1.54) is 0 Å². The van der Waals surface area contributed by atoms with Gasteiger partial charge in [-0.3, -0.25) is 9.58 Å². The summed E-state index contributed by atoms with van der Waals surface area (Å²) in [6.45, 7) is 10.4. The number of rotatable bonds is 6. The molecule has 6 heteroatoms. The van der Waals surface area contributed by atoms with Crippen LogP contribution in [0.15, 0.2) is 6.33 Å². The molecule has 2 rings (SSSR count). The van der Waals surface area contributed by atoms with Crippen LogP contribution in [0.1, 0.15) is 26.6 Å². The highest BCUT2D eigenvalue weighted by Gasteiger charge is 2.29. The van der Waals surface area contributed by atoms with Gasteiger partial charge in [-0.1, -0.05) is 6.92 Å². The van der Waals surface area contributed by atoms with E-state index in [1.807, 2.05) is 11.7 Å². The fourth-order valence-electron chi connectivity index (χ4n) is 2.71. The SMILES string of the molecule is CCNC(Cc1ncnn1C)C1CN(C(C)C)CCO1. The molecule has 1 aromatic rings. The third-order valence-corrected chi connectivity index (χ3v) is 3.98. The van der Waals surface area contributed by atoms with Crippen molar-refractivity contribution in [3.63, 3.8) is 0 Å². The number of aromatic nitrogens is 3. The van der Waals surface area contributed by atoms with E-state index in [9.17, 15) is 0 Å². The van der Waals surface area contributed by atoms with E-state index in [1.54, 1.807) is 6.33 Å². The van der Waals surface area contributed by atoms with E-state index in [0.717, 1.165) is 38.5 Å². The van der Waals surface area contributed by atoms with E-state index >= 15 is 0 Å². The van der Waals surface area contributed by atoms with Crippen LogP contribution in [-0.4, -0.2) is 64.1 Å². The summed E-state index contributed by atoms with van der Waals surface area (Å²) in [5, 5.41) is 7.69. The number of nitrogens with zero attached hydrogens (tertiary/aromatic N) is 4. The third kappa shape index (κ3) is 3.77. The molecule has 0 aliphatic carbocycles. The molecule has 2 heterocycles. The fourth-order valence-corrected chi connectivity index (χ4v) is 2.71. The molecule has 20 heavy (non-hydrogen) atoms. The van der Waals surface area contributed by atoms with Crippen LogP contribution in [0.3, 0.4) is 0 Å². The first-order valence-electron chi connectivity index (χ1n) is 7.53. The first-order chi connectivity index (χ1) is 9.61. The van der Waals surface area contributed by atoms with Crippen LogP contribution in [0.2, 0.25) is 0 Å². The summed E-state index contributed by atoms with van der Waals surface area (Å²) < 4.78 is 7.84. The van der Waals surface area contributed by atoms with Gasteiger partial charge in [0.25, 0.3) is 0 Å². The summed E-state index contributed by atoms with van der Waals surface area (Å²) in [5.74, 6) is 1.00. The smallest absolute Gasteiger partial charge is 0.138 e. The van der Waals surface area contributed by atoms with Crippen LogP contribution >= 0.6 is 0 Å². The first-order valence-corrected chi connectivity index (χ1v) is 7.53. The summed E-state index contributed by atoms with van der Waals surface area (Å²) in [6, 6.07) is 0.850. The number of morpholine rings is 1. The minimum absolute atomic E-state index is 0.211. The zero-order valence-corrected chi connectivity index (χ0v) is 13.0. The van der Waals surface area contributed by atoms with Gasteiger partial charge in [0.15, 0.2) is 0 Å². The molecule has 1 aliphatic rings. The average Bonchev–Trinajstić information content (AvgIpc) is 2.84. The maximum absolute atomic E-state index is 6.00. The highest BCUT2D eigenvalue weighted by Crippen LogP contribution is 2.14. The molecule has 0 aromatic carbocycles. The Bertz CT molecular complexity index is 406. The van der Waals surface area contributed by atoms with Gasteiger partial charge >= 0.3 is 0 Å². The van der Waals surface area contributed by atoms with E-state index in [4.69, 9.17) is 4.74 Å². The molecule has 0 bridgehead atoms. The van der Waals surface area contributed by atoms with Crippen molar-refractivity contribution >= 4 is 0 Å². The van der Waals surface area contributed by atoms with Crippen LogP contribution in [0.4, 0.5) is 0 Å². The molecule has 114 valence electrons. The Labute approximate surface area is 121 Å². The number of aryl methyl sites for hydroxylation is 1. The number of nitrogens with one attached hydrogen (secondary N) is 1. The highest BCUT2D eigenvalue weighted by molar-refractivity contribution is 4.94. The summed E-state index contributed by atoms with van der Waals surface area (Å²) in [4.78, 5) is 6.81. The van der Waals surface area contributed by atoms with Gasteiger partial charge < -0.3 is 10.1 Å². The summed E-state index contributed by atoms with van der Waals surface area (Å²) in [6.07, 6.45) is 2.67. The Kier molecular flexibility index (Phi) is 5.51. The molecular weight excluding hydrogens is 254 g/mol. The van der Waals surface area contributed by atoms with Crippen LogP contribution in [0, 0.1) is 0 Å². The molecule has 2 atom stereocenters. The van der Waals surface area contributed by atoms with E-state index in [-0.39, 0.29) is 12.1 Å².